The topological polar surface area (TPSA) is 56.7 Å². The molecule has 0 aliphatic rings. The average Bonchev–Trinajstić information content (AvgIpc) is 3.88. The van der Waals surface area contributed by atoms with Crippen molar-refractivity contribution in [3.8, 4) is 39.9 Å². The van der Waals surface area contributed by atoms with Crippen LogP contribution in [0, 0.1) is 0 Å². The molecule has 0 bridgehead atoms. The van der Waals surface area contributed by atoms with E-state index in [9.17, 15) is 0 Å². The van der Waals surface area contributed by atoms with Crippen LogP contribution in [0.3, 0.4) is 0 Å². The molecule has 238 valence electrons. The third kappa shape index (κ3) is 4.30. The van der Waals surface area contributed by atoms with E-state index in [0.29, 0.717) is 17.5 Å². The number of benzene rings is 7. The Morgan fingerprint density at radius 3 is 1.63 bits per heavy atom. The highest BCUT2D eigenvalue weighted by molar-refractivity contribution is 7.26. The van der Waals surface area contributed by atoms with Gasteiger partial charge in [-0.3, -0.25) is 0 Å². The van der Waals surface area contributed by atoms with Gasteiger partial charge in [-0.25, -0.2) is 15.0 Å². The van der Waals surface area contributed by atoms with Crippen molar-refractivity contribution in [1.82, 2.24) is 19.5 Å². The highest BCUT2D eigenvalue weighted by Crippen LogP contribution is 2.44. The fourth-order valence-electron chi connectivity index (χ4n) is 7.51. The fraction of sp³-hybridized carbons (Fsp3) is 0. The Morgan fingerprint density at radius 1 is 0.412 bits per heavy atom. The molecular formula is C45H26N4OS. The number of furan rings is 1. The summed E-state index contributed by atoms with van der Waals surface area (Å²) >= 11 is 1.77. The van der Waals surface area contributed by atoms with Crippen LogP contribution in [-0.2, 0) is 0 Å². The first-order valence-corrected chi connectivity index (χ1v) is 17.8. The van der Waals surface area contributed by atoms with E-state index < -0.39 is 0 Å². The van der Waals surface area contributed by atoms with E-state index in [0.717, 1.165) is 70.8 Å². The summed E-state index contributed by atoms with van der Waals surface area (Å²) in [7, 11) is 0. The summed E-state index contributed by atoms with van der Waals surface area (Å²) in [5, 5.41) is 6.99. The number of aromatic nitrogens is 4. The lowest BCUT2D eigenvalue weighted by Gasteiger charge is -2.08. The molecule has 4 heterocycles. The van der Waals surface area contributed by atoms with Crippen molar-refractivity contribution >= 4 is 75.3 Å². The lowest BCUT2D eigenvalue weighted by atomic mass is 10.1. The van der Waals surface area contributed by atoms with Crippen LogP contribution in [0.15, 0.2) is 162 Å². The molecule has 5 nitrogen and oxygen atoms in total. The van der Waals surface area contributed by atoms with Crippen molar-refractivity contribution in [2.24, 2.45) is 0 Å². The van der Waals surface area contributed by atoms with E-state index in [1.54, 1.807) is 11.3 Å². The molecule has 0 aliphatic heterocycles. The second kappa shape index (κ2) is 10.9. The van der Waals surface area contributed by atoms with E-state index in [4.69, 9.17) is 19.4 Å². The molecule has 0 spiro atoms. The van der Waals surface area contributed by atoms with E-state index in [1.807, 2.05) is 60.7 Å². The van der Waals surface area contributed by atoms with Gasteiger partial charge in [0.2, 0.25) is 0 Å². The van der Waals surface area contributed by atoms with Gasteiger partial charge < -0.3 is 8.98 Å². The SMILES string of the molecule is c1ccc(-c2nc(-c3ccccc3)nc(-c3ccc4sc5c(ccc6c7cccc(-n8c9ccccc9c9ccccc98)c7oc65)c4c3)n2)cc1. The Bertz CT molecular complexity index is 3030. The summed E-state index contributed by atoms with van der Waals surface area (Å²) < 4.78 is 11.6. The minimum Gasteiger partial charge on any atom is -0.452 e. The minimum absolute atomic E-state index is 0.643. The second-order valence-electron chi connectivity index (χ2n) is 12.8. The summed E-state index contributed by atoms with van der Waals surface area (Å²) in [5.74, 6) is 1.94. The summed E-state index contributed by atoms with van der Waals surface area (Å²) in [6, 6.07) is 54.8. The molecule has 6 heteroatoms. The van der Waals surface area contributed by atoms with Gasteiger partial charge in [-0.1, -0.05) is 115 Å². The standard InChI is InChI=1S/C45H26N4OS/c1-3-12-27(13-4-1)43-46-44(28-14-5-2-6-15-28)48-45(47-43)29-22-25-39-35(26-29)34-24-23-33-32-18-11-21-38(40(32)50-41(33)42(34)51-39)49-36-19-9-7-16-30(36)31-17-8-10-20-37(31)49/h1-26H. The summed E-state index contributed by atoms with van der Waals surface area (Å²) in [5.41, 5.74) is 8.01. The van der Waals surface area contributed by atoms with Crippen molar-refractivity contribution in [2.75, 3.05) is 0 Å². The van der Waals surface area contributed by atoms with Gasteiger partial charge in [0.15, 0.2) is 28.6 Å². The van der Waals surface area contributed by atoms with Gasteiger partial charge in [-0.2, -0.15) is 0 Å². The van der Waals surface area contributed by atoms with Crippen LogP contribution >= 0.6 is 11.3 Å². The summed E-state index contributed by atoms with van der Waals surface area (Å²) in [4.78, 5) is 14.9. The molecule has 0 saturated heterocycles. The Hall–Kier alpha value is -6.63. The van der Waals surface area contributed by atoms with Gasteiger partial charge in [0.05, 0.1) is 21.4 Å². The molecule has 0 aliphatic carbocycles. The van der Waals surface area contributed by atoms with Crippen molar-refractivity contribution in [1.29, 1.82) is 0 Å². The first-order chi connectivity index (χ1) is 25.3. The van der Waals surface area contributed by atoms with Gasteiger partial charge in [0, 0.05) is 53.7 Å². The maximum atomic E-state index is 6.95. The fourth-order valence-corrected chi connectivity index (χ4v) is 8.68. The molecule has 0 unspecified atom stereocenters. The Morgan fingerprint density at radius 2 is 0.961 bits per heavy atom. The maximum Gasteiger partial charge on any atom is 0.164 e. The van der Waals surface area contributed by atoms with E-state index >= 15 is 0 Å². The molecular weight excluding hydrogens is 645 g/mol. The Kier molecular flexibility index (Phi) is 6.05. The molecule has 0 fully saturated rings. The lowest BCUT2D eigenvalue weighted by Crippen LogP contribution is -2.00. The van der Waals surface area contributed by atoms with E-state index in [1.165, 1.54) is 15.5 Å². The van der Waals surface area contributed by atoms with Crippen molar-refractivity contribution < 1.29 is 4.42 Å². The van der Waals surface area contributed by atoms with Crippen LogP contribution in [0.1, 0.15) is 0 Å². The van der Waals surface area contributed by atoms with Gasteiger partial charge in [0.25, 0.3) is 0 Å². The first kappa shape index (κ1) is 28.2. The van der Waals surface area contributed by atoms with Gasteiger partial charge in [-0.15, -0.1) is 11.3 Å². The van der Waals surface area contributed by atoms with Crippen molar-refractivity contribution in [3.63, 3.8) is 0 Å². The van der Waals surface area contributed by atoms with Gasteiger partial charge in [-0.05, 0) is 42.5 Å². The normalized spacial score (nSPS) is 11.9. The number of thiophene rings is 1. The van der Waals surface area contributed by atoms with Crippen LogP contribution in [0.5, 0.6) is 0 Å². The smallest absolute Gasteiger partial charge is 0.164 e. The number of fused-ring (bicyclic) bond motifs is 10. The van der Waals surface area contributed by atoms with Crippen LogP contribution in [0.25, 0.3) is 104 Å². The van der Waals surface area contributed by atoms with Gasteiger partial charge >= 0.3 is 0 Å². The molecule has 7 aromatic carbocycles. The molecule has 0 atom stereocenters. The number of hydrogen-bond acceptors (Lipinski definition) is 5. The third-order valence-corrected chi connectivity index (χ3v) is 11.0. The predicted octanol–water partition coefficient (Wildman–Crippen LogP) is 12.2. The van der Waals surface area contributed by atoms with Crippen LogP contribution in [-0.4, -0.2) is 19.5 Å². The second-order valence-corrected chi connectivity index (χ2v) is 13.8. The van der Waals surface area contributed by atoms with Gasteiger partial charge in [0.1, 0.15) is 0 Å². The molecule has 11 rings (SSSR count). The van der Waals surface area contributed by atoms with E-state index in [2.05, 4.69) is 102 Å². The molecule has 4 aromatic heterocycles. The molecule has 51 heavy (non-hydrogen) atoms. The number of rotatable bonds is 4. The lowest BCUT2D eigenvalue weighted by molar-refractivity contribution is 0.670. The zero-order chi connectivity index (χ0) is 33.5. The number of nitrogens with zero attached hydrogens (tertiary/aromatic N) is 4. The maximum absolute atomic E-state index is 6.95. The molecule has 0 radical (unpaired) electrons. The largest absolute Gasteiger partial charge is 0.452 e. The summed E-state index contributed by atoms with van der Waals surface area (Å²) in [6.07, 6.45) is 0. The minimum atomic E-state index is 0.643. The Labute approximate surface area is 295 Å². The Balaban J connectivity index is 1.11. The number of hydrogen-bond donors (Lipinski definition) is 0. The first-order valence-electron chi connectivity index (χ1n) is 16.9. The quantitative estimate of drug-likeness (QED) is 0.187. The average molecular weight is 671 g/mol. The zero-order valence-electron chi connectivity index (χ0n) is 27.1. The predicted molar refractivity (Wildman–Crippen MR) is 211 cm³/mol. The zero-order valence-corrected chi connectivity index (χ0v) is 27.9. The van der Waals surface area contributed by atoms with Crippen molar-refractivity contribution in [3.05, 3.63) is 158 Å². The summed E-state index contributed by atoms with van der Waals surface area (Å²) in [6.45, 7) is 0. The molecule has 0 saturated carbocycles. The molecule has 0 N–H and O–H groups in total. The van der Waals surface area contributed by atoms with Crippen LogP contribution in [0.2, 0.25) is 0 Å². The molecule has 11 aromatic rings. The van der Waals surface area contributed by atoms with Crippen LogP contribution < -0.4 is 0 Å². The third-order valence-electron chi connectivity index (χ3n) is 9.86. The highest BCUT2D eigenvalue weighted by atomic mass is 32.1. The van der Waals surface area contributed by atoms with Crippen LogP contribution in [0.4, 0.5) is 0 Å². The number of para-hydroxylation sites is 3. The van der Waals surface area contributed by atoms with E-state index in [-0.39, 0.29) is 0 Å². The van der Waals surface area contributed by atoms with Crippen molar-refractivity contribution in [2.45, 2.75) is 0 Å². The highest BCUT2D eigenvalue weighted by Gasteiger charge is 2.20. The molecule has 0 amide bonds. The monoisotopic (exact) mass is 670 g/mol.